The van der Waals surface area contributed by atoms with Gasteiger partial charge in [-0.3, -0.25) is 9.79 Å². The molecule has 1 amide bonds. The van der Waals surface area contributed by atoms with Crippen LogP contribution in [0.3, 0.4) is 0 Å². The molecule has 1 aromatic rings. The molecule has 1 atom stereocenters. The third kappa shape index (κ3) is 5.53. The number of aliphatic imine (C=N–C) groups is 1. The quantitative estimate of drug-likeness (QED) is 0.597. The highest BCUT2D eigenvalue weighted by Gasteiger charge is 2.25. The summed E-state index contributed by atoms with van der Waals surface area (Å²) in [7, 11) is 3.38. The maximum Gasteiger partial charge on any atom is 0.222 e. The number of carbonyl (C=O) groups excluding carboxylic acids is 1. The number of likely N-dealkylation sites (tertiary alicyclic amines) is 1. The first-order chi connectivity index (χ1) is 12.1. The smallest absolute Gasteiger partial charge is 0.222 e. The Morgan fingerprint density at radius 3 is 2.92 bits per heavy atom. The second-order valence-corrected chi connectivity index (χ2v) is 6.44. The van der Waals surface area contributed by atoms with Gasteiger partial charge in [-0.15, -0.1) is 0 Å². The first-order valence-electron chi connectivity index (χ1n) is 8.64. The van der Waals surface area contributed by atoms with E-state index >= 15 is 0 Å². The van der Waals surface area contributed by atoms with Crippen molar-refractivity contribution in [3.05, 3.63) is 28.8 Å². The van der Waals surface area contributed by atoms with E-state index < -0.39 is 0 Å². The van der Waals surface area contributed by atoms with Crippen molar-refractivity contribution in [3.8, 4) is 5.75 Å². The zero-order valence-corrected chi connectivity index (χ0v) is 15.9. The Morgan fingerprint density at radius 2 is 2.28 bits per heavy atom. The van der Waals surface area contributed by atoms with E-state index in [9.17, 15) is 4.79 Å². The molecule has 7 heteroatoms. The number of halogens is 1. The number of hydrogen-bond acceptors (Lipinski definition) is 3. The molecule has 1 aliphatic rings. The summed E-state index contributed by atoms with van der Waals surface area (Å²) in [5, 5.41) is 7.39. The average molecular weight is 367 g/mol. The number of benzene rings is 1. The van der Waals surface area contributed by atoms with E-state index in [0.717, 1.165) is 49.7 Å². The molecule has 0 aromatic heterocycles. The van der Waals surface area contributed by atoms with E-state index in [0.29, 0.717) is 11.4 Å². The number of nitrogens with zero attached hydrogens (tertiary/aromatic N) is 2. The van der Waals surface area contributed by atoms with Crippen LogP contribution < -0.4 is 15.4 Å². The third-order valence-corrected chi connectivity index (χ3v) is 4.71. The van der Waals surface area contributed by atoms with Crippen LogP contribution in [-0.2, 0) is 11.2 Å². The van der Waals surface area contributed by atoms with Crippen LogP contribution in [-0.4, -0.2) is 56.6 Å². The van der Waals surface area contributed by atoms with Gasteiger partial charge < -0.3 is 20.3 Å². The van der Waals surface area contributed by atoms with Gasteiger partial charge in [0.2, 0.25) is 5.91 Å². The summed E-state index contributed by atoms with van der Waals surface area (Å²) in [5.41, 5.74) is 1.06. The molecule has 0 bridgehead atoms. The monoisotopic (exact) mass is 366 g/mol. The van der Waals surface area contributed by atoms with Gasteiger partial charge >= 0.3 is 0 Å². The largest absolute Gasteiger partial charge is 0.497 e. The molecule has 0 radical (unpaired) electrons. The molecule has 0 saturated carbocycles. The molecule has 1 aromatic carbocycles. The van der Waals surface area contributed by atoms with Crippen LogP contribution >= 0.6 is 11.6 Å². The molecule has 0 spiro atoms. The van der Waals surface area contributed by atoms with Crippen molar-refractivity contribution >= 4 is 23.5 Å². The van der Waals surface area contributed by atoms with Gasteiger partial charge in [-0.05, 0) is 30.5 Å². The lowest BCUT2D eigenvalue weighted by molar-refractivity contribution is -0.129. The van der Waals surface area contributed by atoms with Crippen LogP contribution in [0.1, 0.15) is 25.3 Å². The number of nitrogens with one attached hydrogen (secondary N) is 2. The second kappa shape index (κ2) is 9.51. The molecule has 1 aliphatic heterocycles. The normalized spacial score (nSPS) is 17.5. The van der Waals surface area contributed by atoms with Gasteiger partial charge in [0.25, 0.3) is 0 Å². The highest BCUT2D eigenvalue weighted by Crippen LogP contribution is 2.22. The van der Waals surface area contributed by atoms with E-state index in [-0.39, 0.29) is 11.9 Å². The van der Waals surface area contributed by atoms with Crippen molar-refractivity contribution in [2.24, 2.45) is 4.99 Å². The molecular formula is C18H27ClN4O2. The summed E-state index contributed by atoms with van der Waals surface area (Å²) in [4.78, 5) is 17.9. The molecule has 138 valence electrons. The first-order valence-corrected chi connectivity index (χ1v) is 9.02. The topological polar surface area (TPSA) is 66.0 Å². The third-order valence-electron chi connectivity index (χ3n) is 4.35. The van der Waals surface area contributed by atoms with Gasteiger partial charge in [-0.25, -0.2) is 0 Å². The van der Waals surface area contributed by atoms with Gasteiger partial charge in [0, 0.05) is 44.2 Å². The molecule has 25 heavy (non-hydrogen) atoms. The van der Waals surface area contributed by atoms with Gasteiger partial charge in [0.05, 0.1) is 7.11 Å². The SMILES string of the molecule is CCC(=O)N1CCC(NC(=NC)NCCc2ccc(OC)cc2Cl)C1. The van der Waals surface area contributed by atoms with Crippen molar-refractivity contribution in [3.63, 3.8) is 0 Å². The van der Waals surface area contributed by atoms with Crippen molar-refractivity contribution < 1.29 is 9.53 Å². The molecule has 1 heterocycles. The fraction of sp³-hybridized carbons (Fsp3) is 0.556. The van der Waals surface area contributed by atoms with Gasteiger partial charge in [-0.2, -0.15) is 0 Å². The first kappa shape index (κ1) is 19.4. The highest BCUT2D eigenvalue weighted by molar-refractivity contribution is 6.31. The van der Waals surface area contributed by atoms with E-state index in [1.807, 2.05) is 30.0 Å². The molecule has 1 unspecified atom stereocenters. The predicted molar refractivity (Wildman–Crippen MR) is 101 cm³/mol. The van der Waals surface area contributed by atoms with Crippen LogP contribution in [0.25, 0.3) is 0 Å². The van der Waals surface area contributed by atoms with Crippen LogP contribution in [0.2, 0.25) is 5.02 Å². The van der Waals surface area contributed by atoms with Crippen molar-refractivity contribution in [2.45, 2.75) is 32.2 Å². The van der Waals surface area contributed by atoms with E-state index in [1.54, 1.807) is 14.2 Å². The van der Waals surface area contributed by atoms with E-state index in [4.69, 9.17) is 16.3 Å². The molecule has 2 rings (SSSR count). The van der Waals surface area contributed by atoms with Crippen molar-refractivity contribution in [2.75, 3.05) is 33.8 Å². The van der Waals surface area contributed by atoms with Gasteiger partial charge in [0.15, 0.2) is 5.96 Å². The second-order valence-electron chi connectivity index (χ2n) is 6.03. The number of amides is 1. The number of rotatable bonds is 6. The number of guanidine groups is 1. The molecule has 6 nitrogen and oxygen atoms in total. The highest BCUT2D eigenvalue weighted by atomic mass is 35.5. The van der Waals surface area contributed by atoms with Crippen molar-refractivity contribution in [1.82, 2.24) is 15.5 Å². The average Bonchev–Trinajstić information content (AvgIpc) is 3.09. The Labute approximate surface area is 154 Å². The summed E-state index contributed by atoms with van der Waals surface area (Å²) >= 11 is 6.26. The lowest BCUT2D eigenvalue weighted by atomic mass is 10.1. The summed E-state index contributed by atoms with van der Waals surface area (Å²) in [6.07, 6.45) is 2.29. The number of hydrogen-bond donors (Lipinski definition) is 2. The summed E-state index contributed by atoms with van der Waals surface area (Å²) in [6, 6.07) is 5.95. The Balaban J connectivity index is 1.78. The Bertz CT molecular complexity index is 621. The lowest BCUT2D eigenvalue weighted by Crippen LogP contribution is -2.45. The number of methoxy groups -OCH3 is 1. The summed E-state index contributed by atoms with van der Waals surface area (Å²) < 4.78 is 5.16. The Kier molecular flexibility index (Phi) is 7.37. The maximum absolute atomic E-state index is 11.8. The molecular weight excluding hydrogens is 340 g/mol. The Hall–Kier alpha value is -1.95. The molecule has 2 N–H and O–H groups in total. The van der Waals surface area contributed by atoms with E-state index in [2.05, 4.69) is 15.6 Å². The zero-order valence-electron chi connectivity index (χ0n) is 15.1. The predicted octanol–water partition coefficient (Wildman–Crippen LogP) is 2.07. The maximum atomic E-state index is 11.8. The fourth-order valence-electron chi connectivity index (χ4n) is 2.89. The van der Waals surface area contributed by atoms with Crippen LogP contribution in [0.15, 0.2) is 23.2 Å². The number of ether oxygens (including phenoxy) is 1. The minimum absolute atomic E-state index is 0.210. The summed E-state index contributed by atoms with van der Waals surface area (Å²) in [6.45, 7) is 4.16. The minimum Gasteiger partial charge on any atom is -0.497 e. The van der Waals surface area contributed by atoms with Crippen LogP contribution in [0.4, 0.5) is 0 Å². The standard InChI is InChI=1S/C18H27ClN4O2/c1-4-17(24)23-10-8-14(12-23)22-18(20-2)21-9-7-13-5-6-15(25-3)11-16(13)19/h5-6,11,14H,4,7-10,12H2,1-3H3,(H2,20,21,22). The van der Waals surface area contributed by atoms with Crippen molar-refractivity contribution in [1.29, 1.82) is 0 Å². The Morgan fingerprint density at radius 1 is 1.48 bits per heavy atom. The lowest BCUT2D eigenvalue weighted by Gasteiger charge is -2.19. The molecule has 0 aliphatic carbocycles. The van der Waals surface area contributed by atoms with Crippen LogP contribution in [0, 0.1) is 0 Å². The fourth-order valence-corrected chi connectivity index (χ4v) is 3.15. The van der Waals surface area contributed by atoms with Gasteiger partial charge in [0.1, 0.15) is 5.75 Å². The summed E-state index contributed by atoms with van der Waals surface area (Å²) in [5.74, 6) is 1.72. The van der Waals surface area contributed by atoms with Crippen LogP contribution in [0.5, 0.6) is 5.75 Å². The number of carbonyl (C=O) groups is 1. The minimum atomic E-state index is 0.210. The molecule has 1 saturated heterocycles. The van der Waals surface area contributed by atoms with Gasteiger partial charge in [-0.1, -0.05) is 24.6 Å². The molecule has 1 fully saturated rings. The zero-order chi connectivity index (χ0) is 18.2. The van der Waals surface area contributed by atoms with E-state index in [1.165, 1.54) is 0 Å².